The minimum Gasteiger partial charge on any atom is -0.481 e. The number of amides is 2. The van der Waals surface area contributed by atoms with Gasteiger partial charge in [0.05, 0.1) is 11.8 Å². The summed E-state index contributed by atoms with van der Waals surface area (Å²) in [5.74, 6) is -3.45. The van der Waals surface area contributed by atoms with Crippen molar-refractivity contribution in [2.45, 2.75) is 6.42 Å². The van der Waals surface area contributed by atoms with Crippen LogP contribution in [0, 0.1) is 23.7 Å². The van der Waals surface area contributed by atoms with E-state index in [1.807, 2.05) is 42.5 Å². The number of hydrazine groups is 1. The van der Waals surface area contributed by atoms with E-state index in [0.717, 1.165) is 10.8 Å². The van der Waals surface area contributed by atoms with Gasteiger partial charge in [0.2, 0.25) is 5.91 Å². The van der Waals surface area contributed by atoms with E-state index in [-0.39, 0.29) is 11.8 Å². The van der Waals surface area contributed by atoms with Crippen molar-refractivity contribution in [1.82, 2.24) is 10.9 Å². The van der Waals surface area contributed by atoms with Gasteiger partial charge in [-0.25, -0.2) is 0 Å². The van der Waals surface area contributed by atoms with Crippen LogP contribution in [0.3, 0.4) is 0 Å². The molecule has 4 rings (SSSR count). The number of nitrogens with one attached hydrogen (secondary N) is 2. The summed E-state index contributed by atoms with van der Waals surface area (Å²) >= 11 is 0. The molecule has 0 spiro atoms. The van der Waals surface area contributed by atoms with Crippen molar-refractivity contribution in [3.05, 3.63) is 60.2 Å². The second-order valence-electron chi connectivity index (χ2n) is 6.81. The van der Waals surface area contributed by atoms with E-state index in [1.165, 1.54) is 0 Å². The summed E-state index contributed by atoms with van der Waals surface area (Å²) in [6.07, 6.45) is 4.45. The average molecular weight is 350 g/mol. The van der Waals surface area contributed by atoms with E-state index < -0.39 is 29.6 Å². The van der Waals surface area contributed by atoms with Crippen LogP contribution in [0.5, 0.6) is 0 Å². The molecule has 26 heavy (non-hydrogen) atoms. The second kappa shape index (κ2) is 6.29. The molecule has 0 heterocycles. The normalized spacial score (nSPS) is 26.0. The Bertz CT molecular complexity index is 931. The first-order valence-corrected chi connectivity index (χ1v) is 8.55. The molecule has 2 aliphatic carbocycles. The number of carbonyl (C=O) groups excluding carboxylic acids is 2. The van der Waals surface area contributed by atoms with E-state index in [4.69, 9.17) is 0 Å². The highest BCUT2D eigenvalue weighted by Crippen LogP contribution is 2.48. The van der Waals surface area contributed by atoms with Crippen molar-refractivity contribution in [1.29, 1.82) is 0 Å². The summed E-state index contributed by atoms with van der Waals surface area (Å²) in [5.41, 5.74) is 5.30. The van der Waals surface area contributed by atoms with Crippen molar-refractivity contribution >= 4 is 28.6 Å². The van der Waals surface area contributed by atoms with Crippen LogP contribution in [0.4, 0.5) is 0 Å². The van der Waals surface area contributed by atoms with Gasteiger partial charge in [-0.2, -0.15) is 0 Å². The zero-order valence-electron chi connectivity index (χ0n) is 13.9. The van der Waals surface area contributed by atoms with Crippen molar-refractivity contribution in [3.63, 3.8) is 0 Å². The fourth-order valence-corrected chi connectivity index (χ4v) is 4.21. The van der Waals surface area contributed by atoms with Gasteiger partial charge in [0.25, 0.3) is 5.91 Å². The van der Waals surface area contributed by atoms with Crippen LogP contribution in [-0.4, -0.2) is 22.9 Å². The smallest absolute Gasteiger partial charge is 0.307 e. The molecule has 6 heteroatoms. The fraction of sp³-hybridized carbons (Fsp3) is 0.250. The highest BCUT2D eigenvalue weighted by molar-refractivity contribution is 6.07. The van der Waals surface area contributed by atoms with Gasteiger partial charge >= 0.3 is 5.97 Å². The maximum absolute atomic E-state index is 12.5. The van der Waals surface area contributed by atoms with E-state index in [9.17, 15) is 19.5 Å². The molecule has 6 nitrogen and oxygen atoms in total. The highest BCUT2D eigenvalue weighted by atomic mass is 16.4. The third kappa shape index (κ3) is 2.63. The van der Waals surface area contributed by atoms with Crippen LogP contribution in [0.1, 0.15) is 16.8 Å². The van der Waals surface area contributed by atoms with Crippen LogP contribution in [0.25, 0.3) is 10.8 Å². The maximum Gasteiger partial charge on any atom is 0.307 e. The minimum absolute atomic E-state index is 0.0874. The van der Waals surface area contributed by atoms with Gasteiger partial charge in [0.1, 0.15) is 0 Å². The number of carboxylic acids is 1. The summed E-state index contributed by atoms with van der Waals surface area (Å²) < 4.78 is 0. The molecule has 0 saturated heterocycles. The number of carboxylic acid groups (broad SMARTS) is 1. The van der Waals surface area contributed by atoms with Gasteiger partial charge in [0, 0.05) is 5.56 Å². The van der Waals surface area contributed by atoms with Crippen LogP contribution in [0.2, 0.25) is 0 Å². The summed E-state index contributed by atoms with van der Waals surface area (Å²) in [4.78, 5) is 36.5. The second-order valence-corrected chi connectivity index (χ2v) is 6.81. The summed E-state index contributed by atoms with van der Waals surface area (Å²) in [5, 5.41) is 11.1. The SMILES string of the molecule is O=C(NNC(=O)[C@@H]1[C@H](C(=O)O)[C@H]2C=C[C@H]1C2)c1cccc2ccccc12. The van der Waals surface area contributed by atoms with E-state index >= 15 is 0 Å². The number of rotatable bonds is 3. The lowest BCUT2D eigenvalue weighted by Gasteiger charge is -2.23. The number of allylic oxidation sites excluding steroid dienone is 2. The van der Waals surface area contributed by atoms with Gasteiger partial charge in [-0.15, -0.1) is 0 Å². The standard InChI is InChI=1S/C20H18N2O4/c23-18(15-7-3-5-11-4-1-2-6-14(11)15)21-22-19(24)16-12-8-9-13(10-12)17(16)20(25)26/h1-9,12-13,16-17H,10H2,(H,21,23)(H,22,24)(H,25,26)/t12-,13-,16-,17+/m0/s1. The number of benzene rings is 2. The number of hydrogen-bond acceptors (Lipinski definition) is 3. The van der Waals surface area contributed by atoms with Crippen LogP contribution in [-0.2, 0) is 9.59 Å². The van der Waals surface area contributed by atoms with Crippen molar-refractivity contribution in [3.8, 4) is 0 Å². The molecule has 2 amide bonds. The molecule has 2 aromatic rings. The lowest BCUT2D eigenvalue weighted by atomic mass is 9.82. The molecule has 1 saturated carbocycles. The lowest BCUT2D eigenvalue weighted by molar-refractivity contribution is -0.148. The Morgan fingerprint density at radius 3 is 2.35 bits per heavy atom. The monoisotopic (exact) mass is 350 g/mol. The molecule has 2 aliphatic rings. The first-order valence-electron chi connectivity index (χ1n) is 8.55. The molecule has 3 N–H and O–H groups in total. The topological polar surface area (TPSA) is 95.5 Å². The molecule has 1 fully saturated rings. The van der Waals surface area contributed by atoms with E-state index in [2.05, 4.69) is 10.9 Å². The van der Waals surface area contributed by atoms with Gasteiger partial charge < -0.3 is 5.11 Å². The van der Waals surface area contributed by atoms with Crippen LogP contribution >= 0.6 is 0 Å². The van der Waals surface area contributed by atoms with Crippen molar-refractivity contribution in [2.75, 3.05) is 0 Å². The zero-order valence-corrected chi connectivity index (χ0v) is 13.9. The highest BCUT2D eigenvalue weighted by Gasteiger charge is 2.51. The number of fused-ring (bicyclic) bond motifs is 3. The molecule has 2 bridgehead atoms. The molecule has 0 radical (unpaired) electrons. The summed E-state index contributed by atoms with van der Waals surface area (Å²) in [7, 11) is 0. The summed E-state index contributed by atoms with van der Waals surface area (Å²) in [6.45, 7) is 0. The molecular formula is C20H18N2O4. The van der Waals surface area contributed by atoms with E-state index in [1.54, 1.807) is 12.1 Å². The summed E-state index contributed by atoms with van der Waals surface area (Å²) in [6, 6.07) is 12.8. The minimum atomic E-state index is -0.970. The van der Waals surface area contributed by atoms with Crippen LogP contribution < -0.4 is 10.9 Å². The first-order chi connectivity index (χ1) is 12.6. The third-order valence-corrected chi connectivity index (χ3v) is 5.38. The largest absolute Gasteiger partial charge is 0.481 e. The zero-order chi connectivity index (χ0) is 18.3. The molecule has 0 unspecified atom stereocenters. The van der Waals surface area contributed by atoms with Gasteiger partial charge in [0.15, 0.2) is 0 Å². The Kier molecular flexibility index (Phi) is 3.95. The van der Waals surface area contributed by atoms with Crippen LogP contribution in [0.15, 0.2) is 54.6 Å². The number of hydrogen-bond donors (Lipinski definition) is 3. The van der Waals surface area contributed by atoms with Crippen molar-refractivity contribution < 1.29 is 19.5 Å². The number of carbonyl (C=O) groups is 3. The predicted octanol–water partition coefficient (Wildman–Crippen LogP) is 2.12. The average Bonchev–Trinajstić information content (AvgIpc) is 3.26. The molecule has 132 valence electrons. The first kappa shape index (κ1) is 16.3. The van der Waals surface area contributed by atoms with Crippen molar-refractivity contribution in [2.24, 2.45) is 23.7 Å². The maximum atomic E-state index is 12.5. The molecule has 0 aliphatic heterocycles. The lowest BCUT2D eigenvalue weighted by Crippen LogP contribution is -2.48. The third-order valence-electron chi connectivity index (χ3n) is 5.38. The quantitative estimate of drug-likeness (QED) is 0.584. The molecular weight excluding hydrogens is 332 g/mol. The predicted molar refractivity (Wildman–Crippen MR) is 94.9 cm³/mol. The van der Waals surface area contributed by atoms with E-state index in [0.29, 0.717) is 12.0 Å². The number of aliphatic carboxylic acids is 1. The Balaban J connectivity index is 1.48. The van der Waals surface area contributed by atoms with Gasteiger partial charge in [-0.05, 0) is 35.1 Å². The fourth-order valence-electron chi connectivity index (χ4n) is 4.21. The molecule has 0 aromatic heterocycles. The van der Waals surface area contributed by atoms with Gasteiger partial charge in [-0.1, -0.05) is 48.6 Å². The Labute approximate surface area is 149 Å². The molecule has 2 aromatic carbocycles. The Morgan fingerprint density at radius 2 is 1.58 bits per heavy atom. The van der Waals surface area contributed by atoms with Gasteiger partial charge in [-0.3, -0.25) is 25.2 Å². The molecule has 4 atom stereocenters. The Hall–Kier alpha value is -3.15. The Morgan fingerprint density at radius 1 is 0.885 bits per heavy atom.